The van der Waals surface area contributed by atoms with Gasteiger partial charge in [0.05, 0.1) is 5.03 Å². The molecule has 0 radical (unpaired) electrons. The summed E-state index contributed by atoms with van der Waals surface area (Å²) in [5.74, 6) is 1.27. The molecule has 1 unspecified atom stereocenters. The highest BCUT2D eigenvalue weighted by atomic mass is 35.5. The number of nitrogens with two attached hydrogens (primary N) is 1. The molecule has 7 nitrogen and oxygen atoms in total. The first-order valence-corrected chi connectivity index (χ1v) is 11.3. The maximum Gasteiger partial charge on any atom is 0.320 e. The minimum atomic E-state index is -0.148. The van der Waals surface area contributed by atoms with Crippen LogP contribution in [-0.4, -0.2) is 91.3 Å². The van der Waals surface area contributed by atoms with E-state index in [1.807, 2.05) is 24.1 Å². The molecule has 0 aromatic heterocycles. The molecule has 2 N–H and O–H groups in total. The number of hydrogen-bond acceptors (Lipinski definition) is 5. The summed E-state index contributed by atoms with van der Waals surface area (Å²) in [5, 5.41) is 0.589. The molecule has 168 valence electrons. The molecule has 2 saturated heterocycles. The van der Waals surface area contributed by atoms with Gasteiger partial charge < -0.3 is 30.1 Å². The molecule has 30 heavy (non-hydrogen) atoms. The van der Waals surface area contributed by atoms with Crippen LogP contribution in [0.5, 0.6) is 0 Å². The van der Waals surface area contributed by atoms with Crippen molar-refractivity contribution in [1.29, 1.82) is 0 Å². The van der Waals surface area contributed by atoms with Gasteiger partial charge in [-0.1, -0.05) is 17.7 Å². The van der Waals surface area contributed by atoms with Gasteiger partial charge in [-0.25, -0.2) is 4.79 Å². The van der Waals surface area contributed by atoms with Crippen molar-refractivity contribution in [2.45, 2.75) is 38.0 Å². The van der Waals surface area contributed by atoms with Crippen LogP contribution in [0.4, 0.5) is 4.79 Å². The number of piperidine rings is 2. The zero-order valence-electron chi connectivity index (χ0n) is 18.3. The maximum absolute atomic E-state index is 12.4. The van der Waals surface area contributed by atoms with Gasteiger partial charge >= 0.3 is 6.03 Å². The van der Waals surface area contributed by atoms with E-state index in [-0.39, 0.29) is 12.3 Å². The molecule has 0 bridgehead atoms. The molecule has 0 spiro atoms. The Hall–Kier alpha value is -1.70. The third-order valence-electron chi connectivity index (χ3n) is 6.53. The summed E-state index contributed by atoms with van der Waals surface area (Å²) in [5.41, 5.74) is 6.27. The van der Waals surface area contributed by atoms with Gasteiger partial charge in [-0.15, -0.1) is 6.58 Å². The highest BCUT2D eigenvalue weighted by molar-refractivity contribution is 6.31. The number of likely N-dealkylation sites (N-methyl/N-ethyl adjacent to an activating group) is 1. The van der Waals surface area contributed by atoms with Crippen molar-refractivity contribution in [2.24, 2.45) is 11.7 Å². The van der Waals surface area contributed by atoms with E-state index < -0.39 is 0 Å². The molecule has 3 aliphatic rings. The molecule has 3 heterocycles. The van der Waals surface area contributed by atoms with Crippen molar-refractivity contribution in [1.82, 2.24) is 19.6 Å². The molecular weight excluding hydrogens is 402 g/mol. The van der Waals surface area contributed by atoms with Crippen molar-refractivity contribution in [2.75, 3.05) is 53.4 Å². The smallest absolute Gasteiger partial charge is 0.320 e. The molecule has 0 aromatic carbocycles. The van der Waals surface area contributed by atoms with Crippen LogP contribution in [0.1, 0.15) is 25.7 Å². The lowest BCUT2D eigenvalue weighted by Crippen LogP contribution is -2.52. The number of hydrogen-bond donors (Lipinski definition) is 1. The normalized spacial score (nSPS) is 24.4. The largest absolute Gasteiger partial charge is 0.384 e. The molecule has 1 atom stereocenters. The van der Waals surface area contributed by atoms with E-state index in [0.717, 1.165) is 58.4 Å². The van der Waals surface area contributed by atoms with Gasteiger partial charge in [0, 0.05) is 59.5 Å². The van der Waals surface area contributed by atoms with Crippen molar-refractivity contribution in [3.63, 3.8) is 0 Å². The summed E-state index contributed by atoms with van der Waals surface area (Å²) in [4.78, 5) is 20.8. The Balaban J connectivity index is 1.44. The van der Waals surface area contributed by atoms with Crippen molar-refractivity contribution in [3.05, 3.63) is 35.7 Å². The molecule has 2 amide bonds. The fraction of sp³-hybridized carbons (Fsp3) is 0.682. The van der Waals surface area contributed by atoms with E-state index in [4.69, 9.17) is 22.1 Å². The average Bonchev–Trinajstić information content (AvgIpc) is 2.76. The van der Waals surface area contributed by atoms with Gasteiger partial charge in [-0.3, -0.25) is 0 Å². The molecule has 2 fully saturated rings. The van der Waals surface area contributed by atoms with Crippen LogP contribution >= 0.6 is 11.6 Å². The fourth-order valence-corrected chi connectivity index (χ4v) is 4.94. The van der Waals surface area contributed by atoms with Crippen LogP contribution in [-0.2, 0) is 4.74 Å². The summed E-state index contributed by atoms with van der Waals surface area (Å²) in [7, 11) is 3.54. The number of carbonyl (C=O) groups is 1. The number of methoxy groups -OCH3 is 1. The second-order valence-corrected chi connectivity index (χ2v) is 8.95. The third-order valence-corrected chi connectivity index (χ3v) is 6.85. The predicted molar refractivity (Wildman–Crippen MR) is 121 cm³/mol. The van der Waals surface area contributed by atoms with Gasteiger partial charge in [0.2, 0.25) is 0 Å². The van der Waals surface area contributed by atoms with E-state index >= 15 is 0 Å². The molecule has 0 saturated carbocycles. The van der Waals surface area contributed by atoms with E-state index in [1.165, 1.54) is 0 Å². The number of ether oxygens (including phenoxy) is 1. The topological polar surface area (TPSA) is 65.3 Å². The van der Waals surface area contributed by atoms with Gasteiger partial charge in [0.25, 0.3) is 0 Å². The summed E-state index contributed by atoms with van der Waals surface area (Å²) in [6.45, 7) is 9.20. The standard InChI is InChI=1S/C22H36ClN5O2/c1-4-11-25(2)22(29)27-14-7-17(8-15-27)16-26-12-9-18(10-13-26)28-20(30-3)6-5-19(23)21(28)24/h4-6,17-18,20H,1,7-16,24H2,2-3H3. The zero-order chi connectivity index (χ0) is 21.7. The molecule has 3 rings (SSSR count). The number of carbonyl (C=O) groups excluding carboxylic acids is 1. The number of rotatable bonds is 6. The summed E-state index contributed by atoms with van der Waals surface area (Å²) in [6.07, 6.45) is 9.63. The average molecular weight is 438 g/mol. The highest BCUT2D eigenvalue weighted by Gasteiger charge is 2.33. The van der Waals surface area contributed by atoms with E-state index in [9.17, 15) is 4.79 Å². The first-order chi connectivity index (χ1) is 14.4. The van der Waals surface area contributed by atoms with E-state index in [0.29, 0.717) is 29.4 Å². The molecular formula is C22H36ClN5O2. The minimum absolute atomic E-state index is 0.113. The third kappa shape index (κ3) is 5.31. The quantitative estimate of drug-likeness (QED) is 0.647. The van der Waals surface area contributed by atoms with Crippen LogP contribution in [0.2, 0.25) is 0 Å². The number of likely N-dealkylation sites (tertiary alicyclic amines) is 2. The fourth-order valence-electron chi connectivity index (χ4n) is 4.77. The van der Waals surface area contributed by atoms with Crippen LogP contribution in [0, 0.1) is 5.92 Å². The van der Waals surface area contributed by atoms with Crippen molar-refractivity contribution in [3.8, 4) is 0 Å². The van der Waals surface area contributed by atoms with Gasteiger partial charge in [-0.2, -0.15) is 0 Å². The number of halogens is 1. The SMILES string of the molecule is C=CCN(C)C(=O)N1CCC(CN2CCC(N3C(N)=C(Cl)C=CC3OC)CC2)CC1. The summed E-state index contributed by atoms with van der Waals surface area (Å²) in [6, 6.07) is 0.450. The maximum atomic E-state index is 12.4. The van der Waals surface area contributed by atoms with Crippen molar-refractivity contribution >= 4 is 17.6 Å². The Bertz CT molecular complexity index is 666. The number of urea groups is 1. The minimum Gasteiger partial charge on any atom is -0.384 e. The molecule has 0 aromatic rings. The lowest BCUT2D eigenvalue weighted by molar-refractivity contribution is -0.0208. The first kappa shape index (κ1) is 23.0. The summed E-state index contributed by atoms with van der Waals surface area (Å²) < 4.78 is 5.60. The van der Waals surface area contributed by atoms with Crippen LogP contribution < -0.4 is 5.73 Å². The van der Waals surface area contributed by atoms with Gasteiger partial charge in [0.1, 0.15) is 5.82 Å². The van der Waals surface area contributed by atoms with E-state index in [2.05, 4.69) is 16.4 Å². The molecule has 0 aliphatic carbocycles. The Labute approximate surface area is 185 Å². The number of nitrogens with zero attached hydrogens (tertiary/aromatic N) is 4. The first-order valence-electron chi connectivity index (χ1n) is 10.9. The predicted octanol–water partition coefficient (Wildman–Crippen LogP) is 2.61. The zero-order valence-corrected chi connectivity index (χ0v) is 19.1. The Morgan fingerprint density at radius 1 is 1.30 bits per heavy atom. The van der Waals surface area contributed by atoms with Crippen LogP contribution in [0.25, 0.3) is 0 Å². The lowest BCUT2D eigenvalue weighted by atomic mass is 9.94. The molecule has 3 aliphatic heterocycles. The second-order valence-electron chi connectivity index (χ2n) is 8.54. The summed E-state index contributed by atoms with van der Waals surface area (Å²) >= 11 is 6.26. The second kappa shape index (κ2) is 10.6. The Kier molecular flexibility index (Phi) is 8.08. The van der Waals surface area contributed by atoms with Crippen LogP contribution in [0.3, 0.4) is 0 Å². The highest BCUT2D eigenvalue weighted by Crippen LogP contribution is 2.29. The lowest BCUT2D eigenvalue weighted by Gasteiger charge is -2.44. The van der Waals surface area contributed by atoms with Gasteiger partial charge in [0.15, 0.2) is 6.23 Å². The van der Waals surface area contributed by atoms with Crippen LogP contribution in [0.15, 0.2) is 35.7 Å². The van der Waals surface area contributed by atoms with Crippen molar-refractivity contribution < 1.29 is 9.53 Å². The number of allylic oxidation sites excluding steroid dienone is 2. The van der Waals surface area contributed by atoms with E-state index in [1.54, 1.807) is 18.1 Å². The Morgan fingerprint density at radius 2 is 1.97 bits per heavy atom. The molecule has 8 heteroatoms. The Morgan fingerprint density at radius 3 is 2.57 bits per heavy atom. The van der Waals surface area contributed by atoms with Gasteiger partial charge in [-0.05, 0) is 43.8 Å². The number of amides is 2. The monoisotopic (exact) mass is 437 g/mol.